The van der Waals surface area contributed by atoms with E-state index >= 15 is 0 Å². The van der Waals surface area contributed by atoms with Crippen molar-refractivity contribution in [2.45, 2.75) is 12.8 Å². The molecule has 6 nitrogen and oxygen atoms in total. The van der Waals surface area contributed by atoms with Crippen LogP contribution in [0.1, 0.15) is 12.0 Å². The molecule has 0 unspecified atom stereocenters. The smallest absolute Gasteiger partial charge is 0.344 e. The number of ether oxygens (including phenoxy) is 3. The van der Waals surface area contributed by atoms with Gasteiger partial charge in [-0.1, -0.05) is 73.3 Å². The van der Waals surface area contributed by atoms with Crippen LogP contribution in [0.2, 0.25) is 0 Å². The summed E-state index contributed by atoms with van der Waals surface area (Å²) in [6.07, 6.45) is 0.207. The van der Waals surface area contributed by atoms with Gasteiger partial charge in [-0.05, 0) is 17.0 Å². The van der Waals surface area contributed by atoms with Crippen LogP contribution < -0.4 is 4.74 Å². The molecule has 0 radical (unpaired) electrons. The van der Waals surface area contributed by atoms with E-state index in [1.165, 1.54) is 0 Å². The van der Waals surface area contributed by atoms with Gasteiger partial charge in [-0.3, -0.25) is 4.79 Å². The third-order valence-electron chi connectivity index (χ3n) is 4.44. The van der Waals surface area contributed by atoms with Crippen LogP contribution in [0.15, 0.2) is 84.9 Å². The molecule has 0 fully saturated rings. The van der Waals surface area contributed by atoms with E-state index in [-0.39, 0.29) is 18.6 Å². The molecule has 158 valence electrons. The van der Waals surface area contributed by atoms with Crippen LogP contribution in [0.5, 0.6) is 5.75 Å². The number of carbonyl (C=O) groups is 3. The van der Waals surface area contributed by atoms with Crippen LogP contribution in [0.3, 0.4) is 0 Å². The van der Waals surface area contributed by atoms with Crippen molar-refractivity contribution in [3.05, 3.63) is 90.5 Å². The lowest BCUT2D eigenvalue weighted by Crippen LogP contribution is -2.20. The van der Waals surface area contributed by atoms with Crippen LogP contribution in [-0.4, -0.2) is 31.1 Å². The van der Waals surface area contributed by atoms with Gasteiger partial charge in [0.15, 0.2) is 6.61 Å². The lowest BCUT2D eigenvalue weighted by atomic mass is 10.1. The maximum absolute atomic E-state index is 12.2. The van der Waals surface area contributed by atoms with Crippen molar-refractivity contribution in [2.24, 2.45) is 0 Å². The highest BCUT2D eigenvalue weighted by Crippen LogP contribution is 2.25. The molecule has 0 spiro atoms. The molecule has 0 atom stereocenters. The van der Waals surface area contributed by atoms with Crippen LogP contribution in [-0.2, 0) is 30.3 Å². The van der Waals surface area contributed by atoms with Gasteiger partial charge in [0.1, 0.15) is 5.75 Å². The van der Waals surface area contributed by atoms with Gasteiger partial charge in [0.05, 0.1) is 13.0 Å². The monoisotopic (exact) mass is 418 g/mol. The lowest BCUT2D eigenvalue weighted by molar-refractivity contribution is -0.156. The molecule has 3 rings (SSSR count). The fourth-order valence-electron chi connectivity index (χ4n) is 2.89. The van der Waals surface area contributed by atoms with Crippen molar-refractivity contribution in [3.8, 4) is 5.75 Å². The average molecular weight is 418 g/mol. The molecule has 0 aromatic heterocycles. The number of carbonyl (C=O) groups excluding carboxylic acids is 3. The van der Waals surface area contributed by atoms with E-state index in [1.54, 1.807) is 12.1 Å². The number of benzene rings is 3. The predicted molar refractivity (Wildman–Crippen MR) is 115 cm³/mol. The SMILES string of the molecule is C=C(CC(=O)Oc1cccc2ccccc12)C(=O)OCC(=O)OCCc1ccccc1. The average Bonchev–Trinajstić information content (AvgIpc) is 2.78. The van der Waals surface area contributed by atoms with Crippen molar-refractivity contribution < 1.29 is 28.6 Å². The number of esters is 3. The minimum Gasteiger partial charge on any atom is -0.463 e. The number of rotatable bonds is 9. The minimum absolute atomic E-state index is 0.109. The molecule has 0 bridgehead atoms. The van der Waals surface area contributed by atoms with Gasteiger partial charge in [-0.25, -0.2) is 9.59 Å². The Labute approximate surface area is 180 Å². The normalized spacial score (nSPS) is 10.3. The molecule has 0 saturated heterocycles. The first-order valence-electron chi connectivity index (χ1n) is 9.76. The standard InChI is InChI=1S/C25H22O6/c1-18(16-23(26)31-22-13-7-11-20-10-5-6-12-21(20)22)25(28)30-17-24(27)29-15-14-19-8-3-2-4-9-19/h2-13H,1,14-17H2. The summed E-state index contributed by atoms with van der Waals surface area (Å²) in [6, 6.07) is 22.4. The van der Waals surface area contributed by atoms with Crippen LogP contribution in [0.4, 0.5) is 0 Å². The highest BCUT2D eigenvalue weighted by atomic mass is 16.6. The first-order valence-corrected chi connectivity index (χ1v) is 9.76. The molecule has 0 aliphatic heterocycles. The number of hydrogen-bond donors (Lipinski definition) is 0. The lowest BCUT2D eigenvalue weighted by Gasteiger charge is -2.09. The van der Waals surface area contributed by atoms with E-state index in [1.807, 2.05) is 60.7 Å². The Morgan fingerprint density at radius 3 is 2.29 bits per heavy atom. The summed E-state index contributed by atoms with van der Waals surface area (Å²) in [7, 11) is 0. The quantitative estimate of drug-likeness (QED) is 0.297. The number of hydrogen-bond acceptors (Lipinski definition) is 6. The molecule has 0 saturated carbocycles. The Kier molecular flexibility index (Phi) is 7.54. The molecule has 0 N–H and O–H groups in total. The Hall–Kier alpha value is -3.93. The largest absolute Gasteiger partial charge is 0.463 e. The van der Waals surface area contributed by atoms with Crippen molar-refractivity contribution in [1.82, 2.24) is 0 Å². The zero-order valence-electron chi connectivity index (χ0n) is 16.9. The first-order chi connectivity index (χ1) is 15.0. The van der Waals surface area contributed by atoms with Gasteiger partial charge in [0, 0.05) is 17.4 Å². The third kappa shape index (κ3) is 6.54. The van der Waals surface area contributed by atoms with E-state index in [4.69, 9.17) is 14.2 Å². The minimum atomic E-state index is -0.852. The first kappa shape index (κ1) is 21.8. The van der Waals surface area contributed by atoms with E-state index in [0.29, 0.717) is 12.2 Å². The summed E-state index contributed by atoms with van der Waals surface area (Å²) in [4.78, 5) is 35.9. The molecule has 0 aliphatic carbocycles. The van der Waals surface area contributed by atoms with Gasteiger partial charge in [0.2, 0.25) is 0 Å². The fraction of sp³-hybridized carbons (Fsp3) is 0.160. The van der Waals surface area contributed by atoms with Crippen molar-refractivity contribution in [2.75, 3.05) is 13.2 Å². The van der Waals surface area contributed by atoms with Crippen LogP contribution >= 0.6 is 0 Å². The van der Waals surface area contributed by atoms with E-state index in [9.17, 15) is 14.4 Å². The Morgan fingerprint density at radius 2 is 1.48 bits per heavy atom. The van der Waals surface area contributed by atoms with E-state index in [2.05, 4.69) is 6.58 Å². The van der Waals surface area contributed by atoms with Crippen molar-refractivity contribution in [3.63, 3.8) is 0 Å². The molecule has 0 amide bonds. The Morgan fingerprint density at radius 1 is 0.774 bits per heavy atom. The van der Waals surface area contributed by atoms with Crippen LogP contribution in [0, 0.1) is 0 Å². The Bertz CT molecular complexity index is 1080. The van der Waals surface area contributed by atoms with E-state index in [0.717, 1.165) is 16.3 Å². The molecular formula is C25H22O6. The van der Waals surface area contributed by atoms with Gasteiger partial charge in [0.25, 0.3) is 0 Å². The topological polar surface area (TPSA) is 78.9 Å². The summed E-state index contributed by atoms with van der Waals surface area (Å²) in [5.41, 5.74) is 0.924. The van der Waals surface area contributed by atoms with Crippen LogP contribution in [0.25, 0.3) is 10.8 Å². The van der Waals surface area contributed by atoms with Gasteiger partial charge in [-0.15, -0.1) is 0 Å². The zero-order valence-corrected chi connectivity index (χ0v) is 16.9. The molecule has 0 heterocycles. The molecule has 3 aromatic carbocycles. The molecule has 6 heteroatoms. The summed E-state index contributed by atoms with van der Waals surface area (Å²) < 4.78 is 15.3. The van der Waals surface area contributed by atoms with Gasteiger partial charge < -0.3 is 14.2 Å². The molecule has 3 aromatic rings. The maximum atomic E-state index is 12.2. The predicted octanol–water partition coefficient (Wildman–Crippen LogP) is 4.02. The second kappa shape index (κ2) is 10.7. The Balaban J connectivity index is 1.41. The van der Waals surface area contributed by atoms with Crippen molar-refractivity contribution in [1.29, 1.82) is 0 Å². The molecular weight excluding hydrogens is 396 g/mol. The third-order valence-corrected chi connectivity index (χ3v) is 4.44. The second-order valence-corrected chi connectivity index (χ2v) is 6.76. The second-order valence-electron chi connectivity index (χ2n) is 6.76. The van der Waals surface area contributed by atoms with E-state index < -0.39 is 24.5 Å². The maximum Gasteiger partial charge on any atom is 0.344 e. The van der Waals surface area contributed by atoms with Gasteiger partial charge in [-0.2, -0.15) is 0 Å². The summed E-state index contributed by atoms with van der Waals surface area (Å²) in [6.45, 7) is 3.18. The number of fused-ring (bicyclic) bond motifs is 1. The highest BCUT2D eigenvalue weighted by molar-refractivity contribution is 5.96. The highest BCUT2D eigenvalue weighted by Gasteiger charge is 2.17. The summed E-state index contributed by atoms with van der Waals surface area (Å²) in [5, 5.41) is 1.71. The zero-order chi connectivity index (χ0) is 22.1. The molecule has 0 aliphatic rings. The summed E-state index contributed by atoms with van der Waals surface area (Å²) >= 11 is 0. The van der Waals surface area contributed by atoms with Crippen molar-refractivity contribution >= 4 is 28.7 Å². The fourth-order valence-corrected chi connectivity index (χ4v) is 2.89. The summed E-state index contributed by atoms with van der Waals surface area (Å²) in [5.74, 6) is -1.78. The molecule has 31 heavy (non-hydrogen) atoms. The van der Waals surface area contributed by atoms with Gasteiger partial charge >= 0.3 is 17.9 Å².